The van der Waals surface area contributed by atoms with E-state index in [1.165, 1.54) is 6.20 Å². The Balaban J connectivity index is 2.03. The van der Waals surface area contributed by atoms with Gasteiger partial charge >= 0.3 is 5.97 Å². The van der Waals surface area contributed by atoms with E-state index in [-0.39, 0.29) is 18.9 Å². The Kier molecular flexibility index (Phi) is 4.87. The molecule has 0 aliphatic carbocycles. The smallest absolute Gasteiger partial charge is 0.309 e. The van der Waals surface area contributed by atoms with Gasteiger partial charge in [-0.1, -0.05) is 0 Å². The summed E-state index contributed by atoms with van der Waals surface area (Å²) in [4.78, 5) is 27.0. The van der Waals surface area contributed by atoms with Crippen molar-refractivity contribution in [2.45, 2.75) is 19.3 Å². The second-order valence-electron chi connectivity index (χ2n) is 5.16. The largest absolute Gasteiger partial charge is 0.481 e. The van der Waals surface area contributed by atoms with Crippen LogP contribution in [-0.2, 0) is 20.7 Å². The van der Waals surface area contributed by atoms with Gasteiger partial charge in [0.1, 0.15) is 0 Å². The lowest BCUT2D eigenvalue weighted by Gasteiger charge is -2.34. The van der Waals surface area contributed by atoms with E-state index < -0.39 is 11.4 Å². The Hall–Kier alpha value is -1.99. The van der Waals surface area contributed by atoms with Crippen molar-refractivity contribution in [2.75, 3.05) is 25.1 Å². The molecule has 0 radical (unpaired) electrons. The minimum Gasteiger partial charge on any atom is -0.481 e. The Morgan fingerprint density at radius 1 is 1.38 bits per heavy atom. The van der Waals surface area contributed by atoms with Gasteiger partial charge in [-0.3, -0.25) is 14.6 Å². The van der Waals surface area contributed by atoms with Gasteiger partial charge in [-0.2, -0.15) is 0 Å². The van der Waals surface area contributed by atoms with Crippen molar-refractivity contribution in [3.05, 3.63) is 24.0 Å². The summed E-state index contributed by atoms with van der Waals surface area (Å²) in [5, 5.41) is 11.5. The van der Waals surface area contributed by atoms with E-state index in [0.717, 1.165) is 0 Å². The zero-order valence-electron chi connectivity index (χ0n) is 11.7. The maximum Gasteiger partial charge on any atom is 0.309 e. The zero-order valence-corrected chi connectivity index (χ0v) is 11.7. The average molecular weight is 293 g/mol. The van der Waals surface area contributed by atoms with Crippen molar-refractivity contribution in [1.29, 1.82) is 0 Å². The van der Waals surface area contributed by atoms with E-state index >= 15 is 0 Å². The van der Waals surface area contributed by atoms with Crippen LogP contribution in [-0.4, -0.2) is 41.7 Å². The quantitative estimate of drug-likeness (QED) is 0.724. The molecule has 1 fully saturated rings. The van der Waals surface area contributed by atoms with Crippen LogP contribution in [0.3, 0.4) is 0 Å². The third-order valence-electron chi connectivity index (χ3n) is 3.74. The van der Waals surface area contributed by atoms with Gasteiger partial charge < -0.3 is 20.9 Å². The minimum absolute atomic E-state index is 0.138. The maximum atomic E-state index is 12.4. The second kappa shape index (κ2) is 6.64. The highest BCUT2D eigenvalue weighted by Gasteiger charge is 2.38. The molecule has 7 heteroatoms. The van der Waals surface area contributed by atoms with Crippen molar-refractivity contribution in [3.63, 3.8) is 0 Å². The number of aliphatic carboxylic acids is 1. The summed E-state index contributed by atoms with van der Waals surface area (Å²) in [6, 6.07) is 3.23. The molecule has 0 bridgehead atoms. The Morgan fingerprint density at radius 2 is 2.10 bits per heavy atom. The summed E-state index contributed by atoms with van der Waals surface area (Å²) >= 11 is 0. The molecule has 4 N–H and O–H groups in total. The van der Waals surface area contributed by atoms with Crippen LogP contribution in [0.2, 0.25) is 0 Å². The molecule has 0 atom stereocenters. The van der Waals surface area contributed by atoms with E-state index in [1.54, 1.807) is 12.1 Å². The number of hydrogen-bond acceptors (Lipinski definition) is 5. The number of nitrogens with two attached hydrogens (primary N) is 1. The number of rotatable bonds is 5. The first-order valence-corrected chi connectivity index (χ1v) is 6.82. The predicted molar refractivity (Wildman–Crippen MR) is 75.7 cm³/mol. The van der Waals surface area contributed by atoms with Gasteiger partial charge in [0.15, 0.2) is 0 Å². The van der Waals surface area contributed by atoms with Crippen LogP contribution in [0.1, 0.15) is 18.5 Å². The molecule has 1 aromatic heterocycles. The van der Waals surface area contributed by atoms with Gasteiger partial charge in [-0.15, -0.1) is 0 Å². The summed E-state index contributed by atoms with van der Waals surface area (Å²) in [5.41, 5.74) is 6.16. The average Bonchev–Trinajstić information content (AvgIpc) is 2.49. The van der Waals surface area contributed by atoms with Crippen LogP contribution >= 0.6 is 0 Å². The number of carbonyl (C=O) groups is 2. The van der Waals surface area contributed by atoms with Gasteiger partial charge in [0.25, 0.3) is 0 Å². The van der Waals surface area contributed by atoms with Crippen molar-refractivity contribution in [2.24, 2.45) is 11.1 Å². The fraction of sp³-hybridized carbons (Fsp3) is 0.500. The number of carboxylic acids is 1. The normalized spacial score (nSPS) is 17.2. The maximum absolute atomic E-state index is 12.4. The number of aromatic nitrogens is 1. The molecule has 1 aliphatic rings. The van der Waals surface area contributed by atoms with Crippen molar-refractivity contribution < 1.29 is 19.4 Å². The Bertz CT molecular complexity index is 509. The fourth-order valence-corrected chi connectivity index (χ4v) is 2.31. The number of amides is 1. The van der Waals surface area contributed by atoms with Crippen LogP contribution in [0.4, 0.5) is 5.69 Å². The van der Waals surface area contributed by atoms with E-state index in [1.807, 2.05) is 0 Å². The number of ether oxygens (including phenoxy) is 1. The summed E-state index contributed by atoms with van der Waals surface area (Å²) in [7, 11) is 0. The van der Waals surface area contributed by atoms with E-state index in [9.17, 15) is 9.59 Å². The molecule has 2 heterocycles. The monoisotopic (exact) mass is 293 g/mol. The third kappa shape index (κ3) is 3.77. The summed E-state index contributed by atoms with van der Waals surface area (Å²) in [5.74, 6) is -1.08. The molecule has 0 spiro atoms. The topological polar surface area (TPSA) is 115 Å². The van der Waals surface area contributed by atoms with Gasteiger partial charge in [0.05, 0.1) is 29.4 Å². The second-order valence-corrected chi connectivity index (χ2v) is 5.16. The molecule has 7 nitrogen and oxygen atoms in total. The van der Waals surface area contributed by atoms with E-state index in [2.05, 4.69) is 10.3 Å². The van der Waals surface area contributed by atoms with Gasteiger partial charge in [0, 0.05) is 19.8 Å². The number of nitrogens with zero attached hydrogens (tertiary/aromatic N) is 1. The number of nitrogens with one attached hydrogen (secondary N) is 1. The van der Waals surface area contributed by atoms with Crippen LogP contribution in [0.5, 0.6) is 0 Å². The van der Waals surface area contributed by atoms with Gasteiger partial charge in [-0.05, 0) is 25.0 Å². The van der Waals surface area contributed by atoms with Gasteiger partial charge in [0.2, 0.25) is 5.91 Å². The first-order chi connectivity index (χ1) is 10.1. The third-order valence-corrected chi connectivity index (χ3v) is 3.74. The fourth-order valence-electron chi connectivity index (χ4n) is 2.31. The SMILES string of the molecule is NCC1(C(=O)Nc2ccc(CC(=O)O)nc2)CCOCC1. The highest BCUT2D eigenvalue weighted by atomic mass is 16.5. The van der Waals surface area contributed by atoms with Gasteiger partial charge in [-0.25, -0.2) is 0 Å². The lowest BCUT2D eigenvalue weighted by Crippen LogP contribution is -2.46. The number of carbonyl (C=O) groups excluding carboxylic acids is 1. The minimum atomic E-state index is -0.941. The molecule has 1 amide bonds. The highest BCUT2D eigenvalue weighted by molar-refractivity contribution is 5.95. The highest BCUT2D eigenvalue weighted by Crippen LogP contribution is 2.30. The molecular weight excluding hydrogens is 274 g/mol. The number of pyridine rings is 1. The van der Waals surface area contributed by atoms with Crippen LogP contribution in [0, 0.1) is 5.41 Å². The number of carboxylic acid groups (broad SMARTS) is 1. The first kappa shape index (κ1) is 15.4. The Morgan fingerprint density at radius 3 is 2.62 bits per heavy atom. The van der Waals surface area contributed by atoms with Crippen LogP contribution in [0.15, 0.2) is 18.3 Å². The molecule has 1 saturated heterocycles. The summed E-state index contributed by atoms with van der Waals surface area (Å²) < 4.78 is 5.28. The summed E-state index contributed by atoms with van der Waals surface area (Å²) in [6.07, 6.45) is 2.51. The standard InChI is InChI=1S/C14H19N3O4/c15-9-14(3-5-21-6-4-14)13(20)17-11-2-1-10(16-8-11)7-12(18)19/h1-2,8H,3-7,9,15H2,(H,17,20)(H,18,19). The lowest BCUT2D eigenvalue weighted by molar-refractivity contribution is -0.136. The summed E-state index contributed by atoms with van der Waals surface area (Å²) in [6.45, 7) is 1.33. The molecule has 0 unspecified atom stereocenters. The van der Waals surface area contributed by atoms with Crippen LogP contribution < -0.4 is 11.1 Å². The van der Waals surface area contributed by atoms with Crippen molar-refractivity contribution in [3.8, 4) is 0 Å². The van der Waals surface area contributed by atoms with Crippen molar-refractivity contribution >= 4 is 17.6 Å². The number of hydrogen-bond donors (Lipinski definition) is 3. The van der Waals surface area contributed by atoms with E-state index in [0.29, 0.717) is 37.4 Å². The molecular formula is C14H19N3O4. The van der Waals surface area contributed by atoms with Crippen molar-refractivity contribution in [1.82, 2.24) is 4.98 Å². The lowest BCUT2D eigenvalue weighted by atomic mass is 9.79. The van der Waals surface area contributed by atoms with Crippen LogP contribution in [0.25, 0.3) is 0 Å². The zero-order chi connectivity index (χ0) is 15.3. The molecule has 21 heavy (non-hydrogen) atoms. The molecule has 0 aromatic carbocycles. The van der Waals surface area contributed by atoms with E-state index in [4.69, 9.17) is 15.6 Å². The first-order valence-electron chi connectivity index (χ1n) is 6.82. The molecule has 1 aromatic rings. The molecule has 0 saturated carbocycles. The number of anilines is 1. The molecule has 1 aliphatic heterocycles. The Labute approximate surface area is 122 Å². The molecule has 2 rings (SSSR count). The predicted octanol–water partition coefficient (Wildman–Crippen LogP) is 0.403. The molecule has 114 valence electrons.